The summed E-state index contributed by atoms with van der Waals surface area (Å²) in [7, 11) is 0. The molecule has 2 rings (SSSR count). The monoisotopic (exact) mass is 294 g/mol. The van der Waals surface area contributed by atoms with Crippen LogP contribution in [-0.2, 0) is 0 Å². The zero-order chi connectivity index (χ0) is 15.0. The molecule has 0 amide bonds. The molecule has 2 saturated carbocycles. The van der Waals surface area contributed by atoms with E-state index in [0.29, 0.717) is 5.41 Å². The third-order valence-electron chi connectivity index (χ3n) is 5.84. The molecule has 2 aliphatic rings. The fraction of sp³-hybridized carbons (Fsp3) is 1.00. The second kappa shape index (κ2) is 9.15. The summed E-state index contributed by atoms with van der Waals surface area (Å²) < 4.78 is 0. The van der Waals surface area contributed by atoms with Gasteiger partial charge in [-0.3, -0.25) is 0 Å². The zero-order valence-electron chi connectivity index (χ0n) is 14.6. The van der Waals surface area contributed by atoms with Crippen LogP contribution in [0, 0.1) is 11.3 Å². The molecule has 21 heavy (non-hydrogen) atoms. The molecule has 0 radical (unpaired) electrons. The van der Waals surface area contributed by atoms with Crippen LogP contribution in [0.15, 0.2) is 0 Å². The zero-order valence-corrected chi connectivity index (χ0v) is 14.6. The number of hydrogen-bond donors (Lipinski definition) is 1. The standard InChI is InChI=1S/C19H38N2/c1-3-14-20-16-19(12-7-5-6-8-13-19)17-21(4-2)15-18-10-9-11-18/h18,20H,3-17H2,1-2H3. The molecule has 0 aromatic rings. The van der Waals surface area contributed by atoms with Crippen molar-refractivity contribution in [3.05, 3.63) is 0 Å². The van der Waals surface area contributed by atoms with Crippen molar-refractivity contribution in [1.29, 1.82) is 0 Å². The molecule has 2 heteroatoms. The average molecular weight is 295 g/mol. The number of rotatable bonds is 9. The summed E-state index contributed by atoms with van der Waals surface area (Å²) in [6.45, 7) is 11.0. The summed E-state index contributed by atoms with van der Waals surface area (Å²) in [4.78, 5) is 2.78. The van der Waals surface area contributed by atoms with E-state index in [9.17, 15) is 0 Å². The summed E-state index contributed by atoms with van der Waals surface area (Å²) in [5, 5.41) is 3.76. The molecule has 0 atom stereocenters. The number of hydrogen-bond acceptors (Lipinski definition) is 2. The van der Waals surface area contributed by atoms with E-state index in [4.69, 9.17) is 0 Å². The van der Waals surface area contributed by atoms with Gasteiger partial charge in [-0.05, 0) is 56.5 Å². The lowest BCUT2D eigenvalue weighted by Crippen LogP contribution is -2.46. The van der Waals surface area contributed by atoms with Crippen molar-refractivity contribution in [1.82, 2.24) is 10.2 Å². The highest BCUT2D eigenvalue weighted by Crippen LogP contribution is 2.36. The number of nitrogens with one attached hydrogen (secondary N) is 1. The molecule has 2 nitrogen and oxygen atoms in total. The molecule has 0 spiro atoms. The second-order valence-corrected chi connectivity index (χ2v) is 7.72. The quantitative estimate of drug-likeness (QED) is 0.499. The SMILES string of the molecule is CCCNCC1(CN(CC)CC2CCC2)CCCCCC1. The smallest absolute Gasteiger partial charge is 0.00501 e. The average Bonchev–Trinajstić information content (AvgIpc) is 2.68. The first-order valence-corrected chi connectivity index (χ1v) is 9.71. The van der Waals surface area contributed by atoms with E-state index in [1.54, 1.807) is 0 Å². The van der Waals surface area contributed by atoms with Gasteiger partial charge in [0.25, 0.3) is 0 Å². The van der Waals surface area contributed by atoms with Gasteiger partial charge in [-0.15, -0.1) is 0 Å². The Balaban J connectivity index is 1.91. The molecular formula is C19H38N2. The second-order valence-electron chi connectivity index (χ2n) is 7.72. The van der Waals surface area contributed by atoms with E-state index in [1.165, 1.54) is 96.9 Å². The van der Waals surface area contributed by atoms with Gasteiger partial charge in [0.1, 0.15) is 0 Å². The van der Waals surface area contributed by atoms with Crippen LogP contribution in [0.2, 0.25) is 0 Å². The Hall–Kier alpha value is -0.0800. The summed E-state index contributed by atoms with van der Waals surface area (Å²) in [5.74, 6) is 1.01. The number of nitrogens with zero attached hydrogens (tertiary/aromatic N) is 1. The van der Waals surface area contributed by atoms with Crippen molar-refractivity contribution in [2.75, 3.05) is 32.7 Å². The van der Waals surface area contributed by atoms with Crippen molar-refractivity contribution in [3.8, 4) is 0 Å². The highest BCUT2D eigenvalue weighted by atomic mass is 15.1. The van der Waals surface area contributed by atoms with Crippen LogP contribution in [0.1, 0.15) is 78.1 Å². The molecule has 124 valence electrons. The summed E-state index contributed by atoms with van der Waals surface area (Å²) in [6, 6.07) is 0. The predicted molar refractivity (Wildman–Crippen MR) is 92.8 cm³/mol. The lowest BCUT2D eigenvalue weighted by Gasteiger charge is -2.40. The minimum Gasteiger partial charge on any atom is -0.316 e. The third kappa shape index (κ3) is 5.56. The van der Waals surface area contributed by atoms with Gasteiger partial charge in [0.2, 0.25) is 0 Å². The van der Waals surface area contributed by atoms with E-state index in [1.807, 2.05) is 0 Å². The predicted octanol–water partition coefficient (Wildman–Crippen LogP) is 4.45. The Morgan fingerprint density at radius 2 is 1.71 bits per heavy atom. The molecule has 0 bridgehead atoms. The largest absolute Gasteiger partial charge is 0.316 e. The van der Waals surface area contributed by atoms with Crippen molar-refractivity contribution < 1.29 is 0 Å². The first-order chi connectivity index (χ1) is 10.3. The first-order valence-electron chi connectivity index (χ1n) is 9.71. The van der Waals surface area contributed by atoms with Gasteiger partial charge in [-0.1, -0.05) is 46.0 Å². The Morgan fingerprint density at radius 3 is 2.24 bits per heavy atom. The molecule has 0 heterocycles. The maximum Gasteiger partial charge on any atom is 0.00501 e. The van der Waals surface area contributed by atoms with Crippen LogP contribution in [0.25, 0.3) is 0 Å². The molecule has 2 fully saturated rings. The van der Waals surface area contributed by atoms with Crippen molar-refractivity contribution >= 4 is 0 Å². The molecule has 1 N–H and O–H groups in total. The van der Waals surface area contributed by atoms with Crippen LogP contribution in [0.5, 0.6) is 0 Å². The summed E-state index contributed by atoms with van der Waals surface area (Å²) >= 11 is 0. The lowest BCUT2D eigenvalue weighted by atomic mass is 9.78. The van der Waals surface area contributed by atoms with Crippen LogP contribution in [0.3, 0.4) is 0 Å². The Bertz CT molecular complexity index is 265. The van der Waals surface area contributed by atoms with Gasteiger partial charge in [-0.2, -0.15) is 0 Å². The van der Waals surface area contributed by atoms with Crippen LogP contribution in [0.4, 0.5) is 0 Å². The Morgan fingerprint density at radius 1 is 1.00 bits per heavy atom. The van der Waals surface area contributed by atoms with Gasteiger partial charge < -0.3 is 10.2 Å². The highest BCUT2D eigenvalue weighted by molar-refractivity contribution is 4.88. The van der Waals surface area contributed by atoms with Gasteiger partial charge >= 0.3 is 0 Å². The van der Waals surface area contributed by atoms with E-state index in [2.05, 4.69) is 24.1 Å². The van der Waals surface area contributed by atoms with E-state index in [-0.39, 0.29) is 0 Å². The first kappa shape index (κ1) is 17.3. The highest BCUT2D eigenvalue weighted by Gasteiger charge is 2.33. The summed E-state index contributed by atoms with van der Waals surface area (Å²) in [6.07, 6.45) is 14.4. The molecule has 0 unspecified atom stereocenters. The van der Waals surface area contributed by atoms with Crippen molar-refractivity contribution in [3.63, 3.8) is 0 Å². The lowest BCUT2D eigenvalue weighted by molar-refractivity contribution is 0.101. The van der Waals surface area contributed by atoms with Crippen LogP contribution < -0.4 is 5.32 Å². The van der Waals surface area contributed by atoms with Crippen LogP contribution >= 0.6 is 0 Å². The van der Waals surface area contributed by atoms with Gasteiger partial charge in [-0.25, -0.2) is 0 Å². The maximum atomic E-state index is 3.76. The van der Waals surface area contributed by atoms with Gasteiger partial charge in [0, 0.05) is 19.6 Å². The molecule has 0 aliphatic heterocycles. The van der Waals surface area contributed by atoms with Crippen LogP contribution in [-0.4, -0.2) is 37.6 Å². The van der Waals surface area contributed by atoms with E-state index < -0.39 is 0 Å². The van der Waals surface area contributed by atoms with Gasteiger partial charge in [0.15, 0.2) is 0 Å². The molecule has 2 aliphatic carbocycles. The molecular weight excluding hydrogens is 256 g/mol. The minimum atomic E-state index is 0.561. The molecule has 0 saturated heterocycles. The fourth-order valence-corrected chi connectivity index (χ4v) is 4.22. The minimum absolute atomic E-state index is 0.561. The van der Waals surface area contributed by atoms with E-state index in [0.717, 1.165) is 5.92 Å². The molecule has 0 aromatic heterocycles. The third-order valence-corrected chi connectivity index (χ3v) is 5.84. The van der Waals surface area contributed by atoms with Crippen molar-refractivity contribution in [2.24, 2.45) is 11.3 Å². The molecule has 0 aromatic carbocycles. The van der Waals surface area contributed by atoms with E-state index >= 15 is 0 Å². The Kier molecular flexibility index (Phi) is 7.53. The summed E-state index contributed by atoms with van der Waals surface area (Å²) in [5.41, 5.74) is 0.561. The Labute approximate surface area is 133 Å². The maximum absolute atomic E-state index is 3.76. The van der Waals surface area contributed by atoms with Crippen molar-refractivity contribution in [2.45, 2.75) is 78.1 Å². The topological polar surface area (TPSA) is 15.3 Å². The fourth-order valence-electron chi connectivity index (χ4n) is 4.22. The van der Waals surface area contributed by atoms with Gasteiger partial charge in [0.05, 0.1) is 0 Å². The normalized spacial score (nSPS) is 23.0.